The molecule has 0 spiro atoms. The molecule has 3 rings (SSSR count). The van der Waals surface area contributed by atoms with Crippen LogP contribution in [0.3, 0.4) is 0 Å². The van der Waals surface area contributed by atoms with Crippen LogP contribution >= 0.6 is 0 Å². The number of aliphatic carboxylic acids is 1. The van der Waals surface area contributed by atoms with Crippen LogP contribution in [0.1, 0.15) is 23.7 Å². The molecule has 6 nitrogen and oxygen atoms in total. The molecule has 0 amide bonds. The number of methoxy groups -OCH3 is 1. The Hall–Kier alpha value is -3.51. The minimum absolute atomic E-state index is 0.0595. The quantitative estimate of drug-likeness (QED) is 0.505. The number of aromatic nitrogens is 2. The second-order valence-electron chi connectivity index (χ2n) is 6.34. The van der Waals surface area contributed by atoms with Gasteiger partial charge in [-0.15, -0.1) is 0 Å². The van der Waals surface area contributed by atoms with E-state index in [0.717, 1.165) is 11.8 Å². The van der Waals surface area contributed by atoms with Crippen molar-refractivity contribution in [2.45, 2.75) is 12.5 Å². The molecule has 0 radical (unpaired) electrons. The summed E-state index contributed by atoms with van der Waals surface area (Å²) in [6, 6.07) is 18.0. The minimum atomic E-state index is -1.55. The molecule has 0 bridgehead atoms. The Bertz CT molecular complexity index is 1010. The number of carboxylic acids is 1. The zero-order valence-electron chi connectivity index (χ0n) is 15.5. The third-order valence-corrected chi connectivity index (χ3v) is 4.44. The molecule has 0 saturated carbocycles. The molecule has 142 valence electrons. The van der Waals surface area contributed by atoms with Gasteiger partial charge in [0.2, 0.25) is 0 Å². The molecular formula is C22H20N2O4. The molecule has 1 heterocycles. The van der Waals surface area contributed by atoms with Gasteiger partial charge < -0.3 is 14.9 Å². The maximum atomic E-state index is 11.7. The third-order valence-electron chi connectivity index (χ3n) is 4.44. The van der Waals surface area contributed by atoms with Crippen molar-refractivity contribution in [3.8, 4) is 11.3 Å². The van der Waals surface area contributed by atoms with Crippen LogP contribution in [-0.2, 0) is 15.1 Å². The standard InChI is InChI=1S/C22H20N2O4/c1-22(27,18-11-7-6-10-16(18)17(13-28-2)21(25)26)20-12-19(23-14-24-20)15-8-4-3-5-9-15/h3-14,27H,1-2H3,(H,25,26). The van der Waals surface area contributed by atoms with Gasteiger partial charge in [0.15, 0.2) is 0 Å². The van der Waals surface area contributed by atoms with Crippen LogP contribution in [0.4, 0.5) is 0 Å². The predicted octanol–water partition coefficient (Wildman–Crippen LogP) is 3.47. The van der Waals surface area contributed by atoms with E-state index in [-0.39, 0.29) is 5.57 Å². The molecule has 2 aromatic carbocycles. The molecule has 3 aromatic rings. The summed E-state index contributed by atoms with van der Waals surface area (Å²) >= 11 is 0. The summed E-state index contributed by atoms with van der Waals surface area (Å²) < 4.78 is 4.92. The number of carbonyl (C=O) groups is 1. The van der Waals surface area contributed by atoms with E-state index in [1.54, 1.807) is 37.3 Å². The van der Waals surface area contributed by atoms with Gasteiger partial charge in [0.05, 0.1) is 24.8 Å². The minimum Gasteiger partial charge on any atom is -0.503 e. The Morgan fingerprint density at radius 3 is 2.43 bits per heavy atom. The van der Waals surface area contributed by atoms with Gasteiger partial charge in [-0.1, -0.05) is 54.6 Å². The largest absolute Gasteiger partial charge is 0.503 e. The van der Waals surface area contributed by atoms with Crippen molar-refractivity contribution in [2.75, 3.05) is 7.11 Å². The first-order chi connectivity index (χ1) is 13.4. The van der Waals surface area contributed by atoms with E-state index >= 15 is 0 Å². The van der Waals surface area contributed by atoms with Crippen molar-refractivity contribution in [1.29, 1.82) is 0 Å². The average molecular weight is 376 g/mol. The maximum Gasteiger partial charge on any atom is 0.339 e. The van der Waals surface area contributed by atoms with Crippen molar-refractivity contribution >= 4 is 11.5 Å². The van der Waals surface area contributed by atoms with Crippen LogP contribution in [0.15, 0.2) is 73.3 Å². The van der Waals surface area contributed by atoms with E-state index < -0.39 is 11.6 Å². The Balaban J connectivity index is 2.12. The summed E-state index contributed by atoms with van der Waals surface area (Å²) in [6.07, 6.45) is 2.53. The van der Waals surface area contributed by atoms with Gasteiger partial charge in [0, 0.05) is 5.56 Å². The Morgan fingerprint density at radius 2 is 1.75 bits per heavy atom. The second kappa shape index (κ2) is 8.02. The van der Waals surface area contributed by atoms with Gasteiger partial charge in [0.25, 0.3) is 0 Å². The molecule has 0 fully saturated rings. The molecule has 1 aromatic heterocycles. The van der Waals surface area contributed by atoms with Crippen LogP contribution in [0, 0.1) is 0 Å². The van der Waals surface area contributed by atoms with Gasteiger partial charge in [-0.25, -0.2) is 14.8 Å². The summed E-state index contributed by atoms with van der Waals surface area (Å²) in [5, 5.41) is 20.9. The molecule has 28 heavy (non-hydrogen) atoms. The van der Waals surface area contributed by atoms with Crippen molar-refractivity contribution < 1.29 is 19.7 Å². The van der Waals surface area contributed by atoms with Crippen LogP contribution in [0.5, 0.6) is 0 Å². The van der Waals surface area contributed by atoms with E-state index in [1.807, 2.05) is 30.3 Å². The normalized spacial score (nSPS) is 13.6. The van der Waals surface area contributed by atoms with E-state index in [0.29, 0.717) is 22.5 Å². The average Bonchev–Trinajstić information content (AvgIpc) is 2.72. The van der Waals surface area contributed by atoms with Crippen molar-refractivity contribution in [3.05, 3.63) is 90.1 Å². The number of ether oxygens (including phenoxy) is 1. The Kier molecular flexibility index (Phi) is 5.52. The van der Waals surface area contributed by atoms with Crippen molar-refractivity contribution in [1.82, 2.24) is 9.97 Å². The molecule has 0 aliphatic rings. The van der Waals surface area contributed by atoms with Gasteiger partial charge in [-0.2, -0.15) is 0 Å². The highest BCUT2D eigenvalue weighted by Gasteiger charge is 2.32. The number of nitrogens with zero attached hydrogens (tertiary/aromatic N) is 2. The highest BCUT2D eigenvalue weighted by molar-refractivity contribution is 6.15. The molecule has 1 atom stereocenters. The number of hydrogen-bond acceptors (Lipinski definition) is 5. The molecular weight excluding hydrogens is 356 g/mol. The van der Waals surface area contributed by atoms with Gasteiger partial charge in [-0.3, -0.25) is 0 Å². The zero-order chi connectivity index (χ0) is 20.1. The molecule has 0 aliphatic carbocycles. The van der Waals surface area contributed by atoms with Crippen molar-refractivity contribution in [3.63, 3.8) is 0 Å². The number of rotatable bonds is 6. The predicted molar refractivity (Wildman–Crippen MR) is 105 cm³/mol. The highest BCUT2D eigenvalue weighted by atomic mass is 16.5. The number of aliphatic hydroxyl groups is 1. The van der Waals surface area contributed by atoms with E-state index in [1.165, 1.54) is 13.4 Å². The maximum absolute atomic E-state index is 11.7. The fourth-order valence-electron chi connectivity index (χ4n) is 3.02. The van der Waals surface area contributed by atoms with Gasteiger partial charge in [-0.05, 0) is 24.1 Å². The van der Waals surface area contributed by atoms with E-state index in [2.05, 4.69) is 9.97 Å². The summed E-state index contributed by atoms with van der Waals surface area (Å²) in [5.74, 6) is -1.15. The van der Waals surface area contributed by atoms with Crippen LogP contribution in [0.2, 0.25) is 0 Å². The topological polar surface area (TPSA) is 92.5 Å². The first-order valence-corrected chi connectivity index (χ1v) is 8.61. The van der Waals surface area contributed by atoms with Crippen LogP contribution < -0.4 is 0 Å². The molecule has 1 unspecified atom stereocenters. The van der Waals surface area contributed by atoms with E-state index in [9.17, 15) is 15.0 Å². The number of carboxylic acid groups (broad SMARTS) is 1. The van der Waals surface area contributed by atoms with Gasteiger partial charge >= 0.3 is 5.97 Å². The summed E-state index contributed by atoms with van der Waals surface area (Å²) in [4.78, 5) is 20.2. The lowest BCUT2D eigenvalue weighted by molar-refractivity contribution is -0.130. The lowest BCUT2D eigenvalue weighted by Gasteiger charge is -2.26. The SMILES string of the molecule is COC=C(C(=O)O)c1ccccc1C(C)(O)c1cc(-c2ccccc2)ncn1. The molecule has 0 aliphatic heterocycles. The number of benzene rings is 2. The monoisotopic (exact) mass is 376 g/mol. The molecule has 6 heteroatoms. The summed E-state index contributed by atoms with van der Waals surface area (Å²) in [6.45, 7) is 1.58. The fraction of sp³-hybridized carbons (Fsp3) is 0.136. The fourth-order valence-corrected chi connectivity index (χ4v) is 3.02. The summed E-state index contributed by atoms with van der Waals surface area (Å²) in [5.41, 5.74) is 1.05. The van der Waals surface area contributed by atoms with Gasteiger partial charge in [0.1, 0.15) is 17.5 Å². The third kappa shape index (κ3) is 3.77. The zero-order valence-corrected chi connectivity index (χ0v) is 15.5. The number of hydrogen-bond donors (Lipinski definition) is 2. The molecule has 0 saturated heterocycles. The first kappa shape index (κ1) is 19.3. The Labute approximate surface area is 162 Å². The first-order valence-electron chi connectivity index (χ1n) is 8.61. The smallest absolute Gasteiger partial charge is 0.339 e. The molecule has 2 N–H and O–H groups in total. The lowest BCUT2D eigenvalue weighted by atomic mass is 9.85. The summed E-state index contributed by atoms with van der Waals surface area (Å²) in [7, 11) is 1.38. The second-order valence-corrected chi connectivity index (χ2v) is 6.34. The van der Waals surface area contributed by atoms with E-state index in [4.69, 9.17) is 4.74 Å². The van der Waals surface area contributed by atoms with Crippen LogP contribution in [-0.4, -0.2) is 33.3 Å². The Morgan fingerprint density at radius 1 is 1.07 bits per heavy atom. The van der Waals surface area contributed by atoms with Crippen LogP contribution in [0.25, 0.3) is 16.8 Å². The lowest BCUT2D eigenvalue weighted by Crippen LogP contribution is -2.26. The highest BCUT2D eigenvalue weighted by Crippen LogP contribution is 2.34. The van der Waals surface area contributed by atoms with Crippen molar-refractivity contribution in [2.24, 2.45) is 0 Å².